The molecule has 0 unspecified atom stereocenters. The lowest BCUT2D eigenvalue weighted by Crippen LogP contribution is -2.36. The Labute approximate surface area is 112 Å². The molecule has 1 rings (SSSR count). The van der Waals surface area contributed by atoms with Crippen molar-refractivity contribution in [3.8, 4) is 5.75 Å². The van der Waals surface area contributed by atoms with Gasteiger partial charge in [-0.25, -0.2) is 4.79 Å². The third-order valence-corrected chi connectivity index (χ3v) is 2.37. The zero-order valence-corrected chi connectivity index (χ0v) is 11.3. The van der Waals surface area contributed by atoms with E-state index >= 15 is 0 Å². The van der Waals surface area contributed by atoms with Crippen LogP contribution < -0.4 is 10.1 Å². The number of amides is 2. The first-order valence-corrected chi connectivity index (χ1v) is 5.89. The van der Waals surface area contributed by atoms with Crippen molar-refractivity contribution in [2.45, 2.75) is 6.92 Å². The van der Waals surface area contributed by atoms with E-state index in [9.17, 15) is 9.59 Å². The monoisotopic (exact) mass is 266 g/mol. The van der Waals surface area contributed by atoms with Crippen LogP contribution in [-0.2, 0) is 9.53 Å². The summed E-state index contributed by atoms with van der Waals surface area (Å²) in [5, 5.41) is 2.66. The number of ether oxygens (including phenoxy) is 2. The molecule has 0 bridgehead atoms. The number of methoxy groups -OCH3 is 1. The number of carbonyl (C=O) groups is 2. The van der Waals surface area contributed by atoms with Crippen molar-refractivity contribution < 1.29 is 19.1 Å². The van der Waals surface area contributed by atoms with Crippen LogP contribution in [0.1, 0.15) is 6.92 Å². The van der Waals surface area contributed by atoms with Crippen molar-refractivity contribution in [2.24, 2.45) is 0 Å². The first-order chi connectivity index (χ1) is 9.08. The molecule has 0 heterocycles. The van der Waals surface area contributed by atoms with Crippen molar-refractivity contribution in [1.29, 1.82) is 0 Å². The van der Waals surface area contributed by atoms with E-state index < -0.39 is 12.0 Å². The van der Waals surface area contributed by atoms with Crippen molar-refractivity contribution in [1.82, 2.24) is 4.90 Å². The smallest absolute Gasteiger partial charge is 0.325 e. The fraction of sp³-hybridized carbons (Fsp3) is 0.385. The Morgan fingerprint density at radius 2 is 2.00 bits per heavy atom. The molecule has 1 aromatic carbocycles. The standard InChI is InChI=1S/C13H18N2O4/c1-4-19-12(16)9-15(2)13(17)14-10-7-5-6-8-11(10)18-3/h5-8H,4,9H2,1-3H3,(H,14,17). The van der Waals surface area contributed by atoms with Crippen molar-refractivity contribution in [2.75, 3.05) is 32.6 Å². The Kier molecular flexibility index (Phi) is 5.66. The minimum atomic E-state index is -0.444. The van der Waals surface area contributed by atoms with Crippen LogP contribution in [-0.4, -0.2) is 44.2 Å². The molecule has 0 saturated heterocycles. The van der Waals surface area contributed by atoms with Crippen LogP contribution in [0.5, 0.6) is 5.75 Å². The van der Waals surface area contributed by atoms with Crippen molar-refractivity contribution >= 4 is 17.7 Å². The summed E-state index contributed by atoms with van der Waals surface area (Å²) in [5.41, 5.74) is 0.547. The molecular formula is C13H18N2O4. The van der Waals surface area contributed by atoms with Crippen LogP contribution >= 0.6 is 0 Å². The van der Waals surface area contributed by atoms with Gasteiger partial charge in [0.1, 0.15) is 12.3 Å². The average molecular weight is 266 g/mol. The lowest BCUT2D eigenvalue weighted by Gasteiger charge is -2.18. The normalized spacial score (nSPS) is 9.63. The molecule has 6 nitrogen and oxygen atoms in total. The Morgan fingerprint density at radius 3 is 2.63 bits per heavy atom. The molecule has 0 aliphatic heterocycles. The van der Waals surface area contributed by atoms with Crippen LogP contribution in [0.2, 0.25) is 0 Å². The molecule has 2 amide bonds. The summed E-state index contributed by atoms with van der Waals surface area (Å²) < 4.78 is 9.89. The highest BCUT2D eigenvalue weighted by molar-refractivity contribution is 5.92. The largest absolute Gasteiger partial charge is 0.495 e. The topological polar surface area (TPSA) is 67.9 Å². The highest BCUT2D eigenvalue weighted by Crippen LogP contribution is 2.23. The van der Waals surface area contributed by atoms with Gasteiger partial charge in [0.25, 0.3) is 0 Å². The lowest BCUT2D eigenvalue weighted by atomic mass is 10.3. The highest BCUT2D eigenvalue weighted by atomic mass is 16.5. The number of nitrogens with one attached hydrogen (secondary N) is 1. The van der Waals surface area contributed by atoms with Crippen LogP contribution in [0.4, 0.5) is 10.5 Å². The Bertz CT molecular complexity index is 448. The van der Waals surface area contributed by atoms with Gasteiger partial charge in [-0.3, -0.25) is 4.79 Å². The van der Waals surface area contributed by atoms with E-state index in [4.69, 9.17) is 9.47 Å². The van der Waals surface area contributed by atoms with E-state index in [0.717, 1.165) is 0 Å². The molecule has 0 saturated carbocycles. The average Bonchev–Trinajstić information content (AvgIpc) is 2.39. The second-order valence-electron chi connectivity index (χ2n) is 3.79. The van der Waals surface area contributed by atoms with E-state index in [1.54, 1.807) is 31.2 Å². The second-order valence-corrected chi connectivity index (χ2v) is 3.79. The van der Waals surface area contributed by atoms with Crippen LogP contribution in [0.15, 0.2) is 24.3 Å². The lowest BCUT2D eigenvalue weighted by molar-refractivity contribution is -0.143. The van der Waals surface area contributed by atoms with E-state index in [2.05, 4.69) is 5.32 Å². The van der Waals surface area contributed by atoms with Crippen molar-refractivity contribution in [3.05, 3.63) is 24.3 Å². The first kappa shape index (κ1) is 14.8. The van der Waals surface area contributed by atoms with Crippen LogP contribution in [0.3, 0.4) is 0 Å². The van der Waals surface area contributed by atoms with Gasteiger partial charge in [0, 0.05) is 7.05 Å². The van der Waals surface area contributed by atoms with E-state index in [-0.39, 0.29) is 6.54 Å². The summed E-state index contributed by atoms with van der Waals surface area (Å²) in [6.07, 6.45) is 0. The number of urea groups is 1. The van der Waals surface area contributed by atoms with Gasteiger partial charge in [0.05, 0.1) is 19.4 Å². The highest BCUT2D eigenvalue weighted by Gasteiger charge is 2.14. The SMILES string of the molecule is CCOC(=O)CN(C)C(=O)Nc1ccccc1OC. The fourth-order valence-corrected chi connectivity index (χ4v) is 1.43. The van der Waals surface area contributed by atoms with Gasteiger partial charge in [0.2, 0.25) is 0 Å². The van der Waals surface area contributed by atoms with Crippen molar-refractivity contribution in [3.63, 3.8) is 0 Å². The number of hydrogen-bond acceptors (Lipinski definition) is 4. The number of rotatable bonds is 5. The summed E-state index contributed by atoms with van der Waals surface area (Å²) in [6, 6.07) is 6.63. The zero-order valence-electron chi connectivity index (χ0n) is 11.3. The molecule has 6 heteroatoms. The molecule has 1 aromatic rings. The summed E-state index contributed by atoms with van der Waals surface area (Å²) in [7, 11) is 3.04. The molecule has 0 fully saturated rings. The van der Waals surface area contributed by atoms with Gasteiger partial charge in [-0.1, -0.05) is 12.1 Å². The van der Waals surface area contributed by atoms with E-state index in [0.29, 0.717) is 18.0 Å². The number of nitrogens with zero attached hydrogens (tertiary/aromatic N) is 1. The molecule has 0 aliphatic carbocycles. The number of likely N-dealkylation sites (N-methyl/N-ethyl adjacent to an activating group) is 1. The van der Waals surface area contributed by atoms with E-state index in [1.165, 1.54) is 19.1 Å². The molecular weight excluding hydrogens is 248 g/mol. The summed E-state index contributed by atoms with van der Waals surface area (Å²) >= 11 is 0. The molecule has 104 valence electrons. The number of benzene rings is 1. The van der Waals surface area contributed by atoms with Gasteiger partial charge < -0.3 is 19.7 Å². The molecule has 0 aromatic heterocycles. The third kappa shape index (κ3) is 4.50. The minimum Gasteiger partial charge on any atom is -0.495 e. The van der Waals surface area contributed by atoms with Gasteiger partial charge in [0.15, 0.2) is 0 Å². The number of para-hydroxylation sites is 2. The summed E-state index contributed by atoms with van der Waals surface area (Å²) in [5.74, 6) is 0.112. The molecule has 19 heavy (non-hydrogen) atoms. The predicted octanol–water partition coefficient (Wildman–Crippen LogP) is 1.72. The minimum absolute atomic E-state index is 0.102. The molecule has 0 spiro atoms. The maximum atomic E-state index is 11.9. The number of carbonyl (C=O) groups excluding carboxylic acids is 2. The Balaban J connectivity index is 2.61. The molecule has 1 N–H and O–H groups in total. The van der Waals surface area contributed by atoms with Crippen LogP contribution in [0, 0.1) is 0 Å². The molecule has 0 aliphatic rings. The van der Waals surface area contributed by atoms with E-state index in [1.807, 2.05) is 0 Å². The Hall–Kier alpha value is -2.24. The van der Waals surface area contributed by atoms with Gasteiger partial charge in [-0.15, -0.1) is 0 Å². The maximum absolute atomic E-state index is 11.9. The first-order valence-electron chi connectivity index (χ1n) is 5.89. The molecule has 0 atom stereocenters. The summed E-state index contributed by atoms with van der Waals surface area (Å²) in [4.78, 5) is 24.4. The van der Waals surface area contributed by atoms with Crippen LogP contribution in [0.25, 0.3) is 0 Å². The number of hydrogen-bond donors (Lipinski definition) is 1. The maximum Gasteiger partial charge on any atom is 0.325 e. The van der Waals surface area contributed by atoms with Gasteiger partial charge in [-0.2, -0.15) is 0 Å². The molecule has 0 radical (unpaired) electrons. The number of anilines is 1. The Morgan fingerprint density at radius 1 is 1.32 bits per heavy atom. The predicted molar refractivity (Wildman–Crippen MR) is 71.3 cm³/mol. The zero-order chi connectivity index (χ0) is 14.3. The van der Waals surface area contributed by atoms with Gasteiger partial charge in [-0.05, 0) is 19.1 Å². The third-order valence-electron chi connectivity index (χ3n) is 2.37. The fourth-order valence-electron chi connectivity index (χ4n) is 1.43. The quantitative estimate of drug-likeness (QED) is 0.824. The number of esters is 1. The van der Waals surface area contributed by atoms with Gasteiger partial charge >= 0.3 is 12.0 Å². The second kappa shape index (κ2) is 7.25. The summed E-state index contributed by atoms with van der Waals surface area (Å²) in [6.45, 7) is 1.91.